The van der Waals surface area contributed by atoms with Crippen LogP contribution in [-0.2, 0) is 0 Å². The third-order valence-electron chi connectivity index (χ3n) is 4.36. The first-order valence-electron chi connectivity index (χ1n) is 6.14. The molecule has 15 heavy (non-hydrogen) atoms. The summed E-state index contributed by atoms with van der Waals surface area (Å²) in [4.78, 5) is 0. The van der Waals surface area contributed by atoms with Crippen molar-refractivity contribution in [2.45, 2.75) is 70.2 Å². The van der Waals surface area contributed by atoms with E-state index in [1.165, 1.54) is 6.42 Å². The molecule has 0 aromatic heterocycles. The van der Waals surface area contributed by atoms with E-state index in [1.54, 1.807) is 0 Å². The van der Waals surface area contributed by atoms with E-state index in [4.69, 9.17) is 0 Å². The Kier molecular flexibility index (Phi) is 3.06. The second-order valence-electron chi connectivity index (χ2n) is 5.75. The standard InChI is InChI=1S/C12H23NO2/c1-12(2)10(7-11(12)15)13-8-5-3-4-6-9(8)14/h8-11,13-15H,3-7H2,1-2H3/t8-,9-,10?,11?/m1/s1. The zero-order chi connectivity index (χ0) is 11.1. The first-order valence-corrected chi connectivity index (χ1v) is 6.14. The topological polar surface area (TPSA) is 52.5 Å². The summed E-state index contributed by atoms with van der Waals surface area (Å²) in [5.74, 6) is 0. The van der Waals surface area contributed by atoms with Crippen molar-refractivity contribution in [3.63, 3.8) is 0 Å². The average molecular weight is 213 g/mol. The Bertz CT molecular complexity index is 228. The van der Waals surface area contributed by atoms with Crippen LogP contribution in [-0.4, -0.2) is 34.5 Å². The van der Waals surface area contributed by atoms with E-state index in [-0.39, 0.29) is 23.7 Å². The van der Waals surface area contributed by atoms with E-state index in [9.17, 15) is 10.2 Å². The molecule has 0 bridgehead atoms. The van der Waals surface area contributed by atoms with Crippen molar-refractivity contribution in [2.24, 2.45) is 5.41 Å². The largest absolute Gasteiger partial charge is 0.392 e. The summed E-state index contributed by atoms with van der Waals surface area (Å²) < 4.78 is 0. The zero-order valence-corrected chi connectivity index (χ0v) is 9.74. The van der Waals surface area contributed by atoms with Crippen LogP contribution in [0.1, 0.15) is 46.0 Å². The lowest BCUT2D eigenvalue weighted by Crippen LogP contribution is -2.63. The van der Waals surface area contributed by atoms with Gasteiger partial charge in [0.15, 0.2) is 0 Å². The van der Waals surface area contributed by atoms with Crippen LogP contribution in [0.25, 0.3) is 0 Å². The molecule has 0 heterocycles. The third kappa shape index (κ3) is 2.05. The minimum Gasteiger partial charge on any atom is -0.392 e. The van der Waals surface area contributed by atoms with E-state index >= 15 is 0 Å². The molecule has 2 aliphatic rings. The fraction of sp³-hybridized carbons (Fsp3) is 1.00. The van der Waals surface area contributed by atoms with Gasteiger partial charge in [0.1, 0.15) is 0 Å². The van der Waals surface area contributed by atoms with Gasteiger partial charge in [0.25, 0.3) is 0 Å². The Labute approximate surface area is 91.9 Å². The van der Waals surface area contributed by atoms with Crippen molar-refractivity contribution in [3.05, 3.63) is 0 Å². The van der Waals surface area contributed by atoms with Gasteiger partial charge in [-0.3, -0.25) is 0 Å². The van der Waals surface area contributed by atoms with E-state index in [2.05, 4.69) is 19.2 Å². The summed E-state index contributed by atoms with van der Waals surface area (Å²) in [6, 6.07) is 0.612. The molecule has 2 unspecified atom stereocenters. The molecule has 4 atom stereocenters. The van der Waals surface area contributed by atoms with Crippen molar-refractivity contribution in [1.82, 2.24) is 5.32 Å². The van der Waals surface area contributed by atoms with Crippen LogP contribution >= 0.6 is 0 Å². The lowest BCUT2D eigenvalue weighted by atomic mass is 9.64. The molecular weight excluding hydrogens is 190 g/mol. The van der Waals surface area contributed by atoms with E-state index in [0.717, 1.165) is 25.7 Å². The van der Waals surface area contributed by atoms with Gasteiger partial charge in [-0.25, -0.2) is 0 Å². The second-order valence-corrected chi connectivity index (χ2v) is 5.75. The Balaban J connectivity index is 1.87. The van der Waals surface area contributed by atoms with Gasteiger partial charge in [0, 0.05) is 17.5 Å². The van der Waals surface area contributed by atoms with Crippen LogP contribution in [0.2, 0.25) is 0 Å². The molecule has 2 aliphatic carbocycles. The summed E-state index contributed by atoms with van der Waals surface area (Å²) in [7, 11) is 0. The molecule has 88 valence electrons. The highest BCUT2D eigenvalue weighted by atomic mass is 16.3. The molecule has 3 N–H and O–H groups in total. The summed E-state index contributed by atoms with van der Waals surface area (Å²) >= 11 is 0. The minimum absolute atomic E-state index is 0.0306. The Morgan fingerprint density at radius 2 is 1.80 bits per heavy atom. The molecule has 2 saturated carbocycles. The van der Waals surface area contributed by atoms with Gasteiger partial charge >= 0.3 is 0 Å². The SMILES string of the molecule is CC1(C)C(O)CC1N[C@@H]1CCCC[C@H]1O. The van der Waals surface area contributed by atoms with Crippen LogP contribution in [0, 0.1) is 5.41 Å². The molecule has 0 saturated heterocycles. The summed E-state index contributed by atoms with van der Waals surface area (Å²) in [6.07, 6.45) is 4.82. The molecular formula is C12H23NO2. The maximum atomic E-state index is 9.85. The summed E-state index contributed by atoms with van der Waals surface area (Å²) in [6.45, 7) is 4.18. The first-order chi connectivity index (χ1) is 7.01. The smallest absolute Gasteiger partial charge is 0.0693 e. The van der Waals surface area contributed by atoms with Crippen molar-refractivity contribution >= 4 is 0 Å². The van der Waals surface area contributed by atoms with Gasteiger partial charge in [-0.1, -0.05) is 26.7 Å². The van der Waals surface area contributed by atoms with Gasteiger partial charge in [-0.2, -0.15) is 0 Å². The van der Waals surface area contributed by atoms with Crippen molar-refractivity contribution in [1.29, 1.82) is 0 Å². The molecule has 0 aliphatic heterocycles. The lowest BCUT2D eigenvalue weighted by molar-refractivity contribution is -0.0829. The summed E-state index contributed by atoms with van der Waals surface area (Å²) in [5.41, 5.74) is -0.0306. The molecule has 2 rings (SSSR count). The highest BCUT2D eigenvalue weighted by Crippen LogP contribution is 2.41. The lowest BCUT2D eigenvalue weighted by Gasteiger charge is -2.51. The van der Waals surface area contributed by atoms with Gasteiger partial charge in [-0.05, 0) is 19.3 Å². The second kappa shape index (κ2) is 4.04. The molecule has 0 amide bonds. The Hall–Kier alpha value is -0.120. The van der Waals surface area contributed by atoms with Gasteiger partial charge in [0.05, 0.1) is 12.2 Å². The number of nitrogens with one attached hydrogen (secondary N) is 1. The molecule has 3 nitrogen and oxygen atoms in total. The predicted molar refractivity (Wildman–Crippen MR) is 59.6 cm³/mol. The van der Waals surface area contributed by atoms with Gasteiger partial charge in [-0.15, -0.1) is 0 Å². The molecule has 0 radical (unpaired) electrons. The summed E-state index contributed by atoms with van der Waals surface area (Å²) in [5, 5.41) is 23.0. The van der Waals surface area contributed by atoms with Crippen molar-refractivity contribution in [2.75, 3.05) is 0 Å². The third-order valence-corrected chi connectivity index (χ3v) is 4.36. The maximum absolute atomic E-state index is 9.85. The van der Waals surface area contributed by atoms with E-state index in [0.29, 0.717) is 6.04 Å². The van der Waals surface area contributed by atoms with Crippen molar-refractivity contribution < 1.29 is 10.2 Å². The fourth-order valence-corrected chi connectivity index (χ4v) is 2.75. The Morgan fingerprint density at radius 3 is 2.33 bits per heavy atom. The Morgan fingerprint density at radius 1 is 1.13 bits per heavy atom. The van der Waals surface area contributed by atoms with Crippen LogP contribution < -0.4 is 5.32 Å². The van der Waals surface area contributed by atoms with Crippen LogP contribution in [0.5, 0.6) is 0 Å². The molecule has 2 fully saturated rings. The molecule has 0 aromatic carbocycles. The highest BCUT2D eigenvalue weighted by molar-refractivity contribution is 5.03. The number of rotatable bonds is 2. The average Bonchev–Trinajstić information content (AvgIpc) is 2.20. The number of hydrogen-bond donors (Lipinski definition) is 3. The number of hydrogen-bond acceptors (Lipinski definition) is 3. The van der Waals surface area contributed by atoms with E-state index in [1.807, 2.05) is 0 Å². The predicted octanol–water partition coefficient (Wildman–Crippen LogP) is 1.04. The number of aliphatic hydroxyl groups excluding tert-OH is 2. The normalized spacial score (nSPS) is 44.8. The van der Waals surface area contributed by atoms with Crippen LogP contribution in [0.3, 0.4) is 0 Å². The molecule has 3 heteroatoms. The van der Waals surface area contributed by atoms with Crippen LogP contribution in [0.4, 0.5) is 0 Å². The molecule has 0 aromatic rings. The highest BCUT2D eigenvalue weighted by Gasteiger charge is 2.48. The molecule has 0 spiro atoms. The minimum atomic E-state index is -0.188. The van der Waals surface area contributed by atoms with Gasteiger partial charge in [0.2, 0.25) is 0 Å². The van der Waals surface area contributed by atoms with Gasteiger partial charge < -0.3 is 15.5 Å². The van der Waals surface area contributed by atoms with Crippen molar-refractivity contribution in [3.8, 4) is 0 Å². The first kappa shape index (κ1) is 11.4. The maximum Gasteiger partial charge on any atom is 0.0693 e. The zero-order valence-electron chi connectivity index (χ0n) is 9.74. The van der Waals surface area contributed by atoms with Crippen LogP contribution in [0.15, 0.2) is 0 Å². The fourth-order valence-electron chi connectivity index (χ4n) is 2.75. The monoisotopic (exact) mass is 213 g/mol. The van der Waals surface area contributed by atoms with E-state index < -0.39 is 0 Å². The quantitative estimate of drug-likeness (QED) is 0.642. The number of aliphatic hydroxyl groups is 2.